The van der Waals surface area contributed by atoms with Crippen molar-refractivity contribution in [2.24, 2.45) is 0 Å². The van der Waals surface area contributed by atoms with Gasteiger partial charge in [0.15, 0.2) is 6.29 Å². The number of rotatable bonds is 8. The molecule has 0 unspecified atom stereocenters. The van der Waals surface area contributed by atoms with Crippen molar-refractivity contribution in [3.05, 3.63) is 58.9 Å². The van der Waals surface area contributed by atoms with Gasteiger partial charge in [-0.2, -0.15) is 0 Å². The van der Waals surface area contributed by atoms with Crippen LogP contribution in [0.2, 0.25) is 0 Å². The van der Waals surface area contributed by atoms with Gasteiger partial charge in [-0.1, -0.05) is 6.07 Å². The highest BCUT2D eigenvalue weighted by molar-refractivity contribution is 5.97. The van der Waals surface area contributed by atoms with Crippen LogP contribution < -0.4 is 5.32 Å². The van der Waals surface area contributed by atoms with E-state index in [0.717, 1.165) is 22.5 Å². The van der Waals surface area contributed by atoms with Gasteiger partial charge in [0.1, 0.15) is 5.82 Å². The average molecular weight is 396 g/mol. The Balaban J connectivity index is 1.85. The largest absolute Gasteiger partial charge is 0.351 e. The summed E-state index contributed by atoms with van der Waals surface area (Å²) in [6.45, 7) is 11.3. The van der Waals surface area contributed by atoms with Gasteiger partial charge in [-0.05, 0) is 76.1 Å². The Morgan fingerprint density at radius 1 is 1.03 bits per heavy atom. The minimum Gasteiger partial charge on any atom is -0.351 e. The second kappa shape index (κ2) is 9.20. The van der Waals surface area contributed by atoms with E-state index in [-0.39, 0.29) is 5.91 Å². The molecule has 0 atom stereocenters. The van der Waals surface area contributed by atoms with E-state index >= 15 is 0 Å². The summed E-state index contributed by atoms with van der Waals surface area (Å²) in [6.07, 6.45) is -0.441. The van der Waals surface area contributed by atoms with Gasteiger partial charge in [-0.3, -0.25) is 9.36 Å². The second-order valence-electron chi connectivity index (χ2n) is 7.09. The van der Waals surface area contributed by atoms with Crippen molar-refractivity contribution in [1.29, 1.82) is 0 Å². The molecule has 2 aromatic carbocycles. The fourth-order valence-corrected chi connectivity index (χ4v) is 3.56. The lowest BCUT2D eigenvalue weighted by Gasteiger charge is -2.17. The van der Waals surface area contributed by atoms with Crippen molar-refractivity contribution >= 4 is 16.9 Å². The van der Waals surface area contributed by atoms with Gasteiger partial charge in [0, 0.05) is 24.5 Å². The standard InChI is InChI=1S/C23H29N3O3/c1-6-28-22(29-7-2)14-24-23(27)18-8-9-21-20(13-18)25-17(5)26(21)19-11-15(3)10-16(4)12-19/h8-13,22H,6-7,14H2,1-5H3,(H,24,27). The summed E-state index contributed by atoms with van der Waals surface area (Å²) in [5.41, 5.74) is 5.82. The fourth-order valence-electron chi connectivity index (χ4n) is 3.56. The van der Waals surface area contributed by atoms with Crippen LogP contribution in [0.15, 0.2) is 36.4 Å². The summed E-state index contributed by atoms with van der Waals surface area (Å²) in [7, 11) is 0. The van der Waals surface area contributed by atoms with Gasteiger partial charge in [0.05, 0.1) is 17.6 Å². The molecule has 0 bridgehead atoms. The molecule has 6 heteroatoms. The van der Waals surface area contributed by atoms with E-state index in [1.807, 2.05) is 39.0 Å². The van der Waals surface area contributed by atoms with Crippen molar-refractivity contribution in [3.8, 4) is 5.69 Å². The van der Waals surface area contributed by atoms with Crippen molar-refractivity contribution < 1.29 is 14.3 Å². The molecule has 0 saturated carbocycles. The minimum atomic E-state index is -0.441. The molecule has 0 aliphatic carbocycles. The summed E-state index contributed by atoms with van der Waals surface area (Å²) in [6, 6.07) is 12.0. The number of amides is 1. The number of ether oxygens (including phenoxy) is 2. The predicted molar refractivity (Wildman–Crippen MR) is 115 cm³/mol. The summed E-state index contributed by atoms with van der Waals surface area (Å²) in [4.78, 5) is 17.3. The van der Waals surface area contributed by atoms with Crippen LogP contribution in [-0.2, 0) is 9.47 Å². The molecule has 3 rings (SSSR count). The monoisotopic (exact) mass is 395 g/mol. The van der Waals surface area contributed by atoms with E-state index < -0.39 is 6.29 Å². The number of hydrogen-bond donors (Lipinski definition) is 1. The number of carbonyl (C=O) groups excluding carboxylic acids is 1. The number of aryl methyl sites for hydroxylation is 3. The third-order valence-electron chi connectivity index (χ3n) is 4.68. The van der Waals surface area contributed by atoms with E-state index in [1.54, 1.807) is 0 Å². The van der Waals surface area contributed by atoms with Crippen LogP contribution >= 0.6 is 0 Å². The molecule has 0 fully saturated rings. The van der Waals surface area contributed by atoms with E-state index in [4.69, 9.17) is 9.47 Å². The Kier molecular flexibility index (Phi) is 6.67. The quantitative estimate of drug-likeness (QED) is 0.584. The van der Waals surface area contributed by atoms with Crippen LogP contribution in [0, 0.1) is 20.8 Å². The van der Waals surface area contributed by atoms with Crippen molar-refractivity contribution in [1.82, 2.24) is 14.9 Å². The topological polar surface area (TPSA) is 65.4 Å². The number of imidazole rings is 1. The average Bonchev–Trinajstić information content (AvgIpc) is 3.00. The number of aromatic nitrogens is 2. The van der Waals surface area contributed by atoms with Gasteiger partial charge in [0.2, 0.25) is 0 Å². The van der Waals surface area contributed by atoms with E-state index in [9.17, 15) is 4.79 Å². The summed E-state index contributed by atoms with van der Waals surface area (Å²) in [5, 5.41) is 2.88. The lowest BCUT2D eigenvalue weighted by atomic mass is 10.1. The first kappa shape index (κ1) is 21.0. The first-order valence-electron chi connectivity index (χ1n) is 10.0. The SMILES string of the molecule is CCOC(CNC(=O)c1ccc2c(c1)nc(C)n2-c1cc(C)cc(C)c1)OCC. The van der Waals surface area contributed by atoms with Crippen LogP contribution in [0.4, 0.5) is 0 Å². The number of nitrogens with one attached hydrogen (secondary N) is 1. The van der Waals surface area contributed by atoms with Gasteiger partial charge in [-0.15, -0.1) is 0 Å². The van der Waals surface area contributed by atoms with Gasteiger partial charge >= 0.3 is 0 Å². The van der Waals surface area contributed by atoms with Gasteiger partial charge in [-0.25, -0.2) is 4.98 Å². The van der Waals surface area contributed by atoms with E-state index in [2.05, 4.69) is 46.9 Å². The zero-order valence-corrected chi connectivity index (χ0v) is 17.8. The number of benzene rings is 2. The molecular weight excluding hydrogens is 366 g/mol. The molecule has 0 aliphatic rings. The fraction of sp³-hybridized carbons (Fsp3) is 0.391. The molecule has 0 saturated heterocycles. The normalized spacial score (nSPS) is 11.4. The molecule has 1 N–H and O–H groups in total. The second-order valence-corrected chi connectivity index (χ2v) is 7.09. The zero-order valence-electron chi connectivity index (χ0n) is 17.8. The summed E-state index contributed by atoms with van der Waals surface area (Å²) >= 11 is 0. The highest BCUT2D eigenvalue weighted by atomic mass is 16.7. The van der Waals surface area contributed by atoms with Crippen LogP contribution in [0.5, 0.6) is 0 Å². The maximum Gasteiger partial charge on any atom is 0.251 e. The molecular formula is C23H29N3O3. The van der Waals surface area contributed by atoms with E-state index in [0.29, 0.717) is 25.3 Å². The summed E-state index contributed by atoms with van der Waals surface area (Å²) < 4.78 is 13.1. The lowest BCUT2D eigenvalue weighted by Crippen LogP contribution is -2.35. The third kappa shape index (κ3) is 4.83. The molecule has 1 amide bonds. The van der Waals surface area contributed by atoms with Crippen LogP contribution in [0.1, 0.15) is 41.2 Å². The smallest absolute Gasteiger partial charge is 0.251 e. The molecule has 1 heterocycles. The first-order valence-corrected chi connectivity index (χ1v) is 10.0. The Hall–Kier alpha value is -2.70. The summed E-state index contributed by atoms with van der Waals surface area (Å²) in [5.74, 6) is 0.713. The van der Waals surface area contributed by atoms with E-state index in [1.165, 1.54) is 11.1 Å². The number of hydrogen-bond acceptors (Lipinski definition) is 4. The number of fused-ring (bicyclic) bond motifs is 1. The van der Waals surface area contributed by atoms with Crippen molar-refractivity contribution in [3.63, 3.8) is 0 Å². The Labute approximate surface area is 171 Å². The molecule has 1 aromatic heterocycles. The Morgan fingerprint density at radius 2 is 1.69 bits per heavy atom. The Morgan fingerprint density at radius 3 is 2.31 bits per heavy atom. The van der Waals surface area contributed by atoms with Crippen molar-refractivity contribution in [2.45, 2.75) is 40.9 Å². The number of carbonyl (C=O) groups is 1. The predicted octanol–water partition coefficient (Wildman–Crippen LogP) is 4.08. The third-order valence-corrected chi connectivity index (χ3v) is 4.68. The maximum atomic E-state index is 12.6. The molecule has 29 heavy (non-hydrogen) atoms. The molecule has 3 aromatic rings. The molecule has 0 radical (unpaired) electrons. The van der Waals surface area contributed by atoms with Gasteiger partial charge in [0.25, 0.3) is 5.91 Å². The van der Waals surface area contributed by atoms with Crippen LogP contribution in [0.3, 0.4) is 0 Å². The lowest BCUT2D eigenvalue weighted by molar-refractivity contribution is -0.131. The molecule has 0 spiro atoms. The molecule has 0 aliphatic heterocycles. The molecule has 154 valence electrons. The van der Waals surface area contributed by atoms with Crippen LogP contribution in [-0.4, -0.2) is 41.5 Å². The highest BCUT2D eigenvalue weighted by Gasteiger charge is 2.15. The van der Waals surface area contributed by atoms with Gasteiger partial charge < -0.3 is 14.8 Å². The zero-order chi connectivity index (χ0) is 21.0. The highest BCUT2D eigenvalue weighted by Crippen LogP contribution is 2.24. The van der Waals surface area contributed by atoms with Crippen LogP contribution in [0.25, 0.3) is 16.7 Å². The molecule has 6 nitrogen and oxygen atoms in total. The maximum absolute atomic E-state index is 12.6. The Bertz CT molecular complexity index is 984. The van der Waals surface area contributed by atoms with Crippen molar-refractivity contribution in [2.75, 3.05) is 19.8 Å². The first-order chi connectivity index (χ1) is 13.9. The minimum absolute atomic E-state index is 0.171. The number of nitrogens with zero attached hydrogens (tertiary/aromatic N) is 2.